The molecule has 1 aromatic rings. The number of benzene rings is 1. The monoisotopic (exact) mass is 353 g/mol. The first-order valence-electron chi connectivity index (χ1n) is 8.13. The van der Waals surface area contributed by atoms with Crippen LogP contribution in [-0.4, -0.2) is 59.4 Å². The maximum Gasteiger partial charge on any atom is 0.412 e. The summed E-state index contributed by atoms with van der Waals surface area (Å²) in [6, 6.07) is 7.23. The molecule has 1 unspecified atom stereocenters. The van der Waals surface area contributed by atoms with Crippen LogP contribution in [0.25, 0.3) is 0 Å². The summed E-state index contributed by atoms with van der Waals surface area (Å²) in [5.41, 5.74) is 1.64. The number of hydrogen-bond acceptors (Lipinski definition) is 7. The fraction of sp³-hybridized carbons (Fsp3) is 0.588. The van der Waals surface area contributed by atoms with Gasteiger partial charge < -0.3 is 29.2 Å². The summed E-state index contributed by atoms with van der Waals surface area (Å²) in [4.78, 5) is 12.2. The second-order valence-corrected chi connectivity index (χ2v) is 6.68. The van der Waals surface area contributed by atoms with E-state index in [0.717, 1.165) is 5.56 Å². The quantitative estimate of drug-likeness (QED) is 0.745. The van der Waals surface area contributed by atoms with Crippen molar-refractivity contribution in [2.75, 3.05) is 11.9 Å². The highest BCUT2D eigenvalue weighted by Gasteiger charge is 2.58. The smallest absolute Gasteiger partial charge is 0.412 e. The van der Waals surface area contributed by atoms with Crippen molar-refractivity contribution in [1.82, 2.24) is 0 Å². The Balaban J connectivity index is 1.70. The van der Waals surface area contributed by atoms with Crippen molar-refractivity contribution in [2.24, 2.45) is 0 Å². The molecule has 1 aromatic carbocycles. The van der Waals surface area contributed by atoms with Crippen LogP contribution in [0.2, 0.25) is 0 Å². The topological polar surface area (TPSA) is 106 Å². The van der Waals surface area contributed by atoms with Crippen LogP contribution in [0, 0.1) is 6.92 Å². The lowest BCUT2D eigenvalue weighted by molar-refractivity contribution is -0.227. The molecule has 25 heavy (non-hydrogen) atoms. The van der Waals surface area contributed by atoms with E-state index in [9.17, 15) is 15.0 Å². The van der Waals surface area contributed by atoms with Gasteiger partial charge in [-0.15, -0.1) is 0 Å². The van der Waals surface area contributed by atoms with Gasteiger partial charge in [-0.2, -0.15) is 0 Å². The molecular formula is C17H23NO7. The Morgan fingerprint density at radius 1 is 1.32 bits per heavy atom. The predicted octanol–water partition coefficient (Wildman–Crippen LogP) is 1.14. The lowest BCUT2D eigenvalue weighted by Crippen LogP contribution is -2.45. The Kier molecular flexibility index (Phi) is 4.99. The maximum absolute atomic E-state index is 12.2. The van der Waals surface area contributed by atoms with Gasteiger partial charge in [-0.3, -0.25) is 5.32 Å². The van der Waals surface area contributed by atoms with Gasteiger partial charge in [0.2, 0.25) is 0 Å². The van der Waals surface area contributed by atoms with Gasteiger partial charge in [-0.25, -0.2) is 4.79 Å². The number of carbonyl (C=O) groups excluding carboxylic acids is 1. The summed E-state index contributed by atoms with van der Waals surface area (Å²) < 4.78 is 22.4. The molecule has 0 aromatic heterocycles. The number of carbonyl (C=O) groups is 1. The molecule has 0 aliphatic carbocycles. The molecule has 0 bridgehead atoms. The first kappa shape index (κ1) is 18.1. The molecule has 0 radical (unpaired) electrons. The minimum Gasteiger partial charge on any atom is -0.440 e. The van der Waals surface area contributed by atoms with E-state index in [1.165, 1.54) is 0 Å². The standard InChI is InChI=1S/C17H23NO7/c1-9-4-6-10(7-5-9)18-16(21)23-13-12(11(20)8-19)22-15-14(13)24-17(2,3)25-15/h4-7,11-15,19-20H,8H2,1-3H3,(H,18,21)/t11?,12-,13-,14-,15-/m1/s1. The molecule has 2 fully saturated rings. The zero-order valence-corrected chi connectivity index (χ0v) is 14.3. The first-order valence-corrected chi connectivity index (χ1v) is 8.13. The number of nitrogens with one attached hydrogen (secondary N) is 1. The fourth-order valence-electron chi connectivity index (χ4n) is 2.96. The third-order valence-electron chi connectivity index (χ3n) is 4.13. The summed E-state index contributed by atoms with van der Waals surface area (Å²) in [5.74, 6) is -0.889. The molecule has 138 valence electrons. The van der Waals surface area contributed by atoms with Gasteiger partial charge in [-0.05, 0) is 32.9 Å². The molecule has 3 N–H and O–H groups in total. The highest BCUT2D eigenvalue weighted by atomic mass is 16.8. The Labute approximate surface area is 145 Å². The van der Waals surface area contributed by atoms with Crippen molar-refractivity contribution < 1.29 is 34.0 Å². The molecule has 0 spiro atoms. The molecule has 2 aliphatic heterocycles. The summed E-state index contributed by atoms with van der Waals surface area (Å²) in [7, 11) is 0. The van der Waals surface area contributed by atoms with E-state index in [2.05, 4.69) is 5.32 Å². The van der Waals surface area contributed by atoms with E-state index in [1.807, 2.05) is 19.1 Å². The molecule has 3 rings (SSSR count). The number of amides is 1. The number of ether oxygens (including phenoxy) is 4. The van der Waals surface area contributed by atoms with Crippen molar-refractivity contribution in [3.05, 3.63) is 29.8 Å². The summed E-state index contributed by atoms with van der Waals surface area (Å²) >= 11 is 0. The maximum atomic E-state index is 12.2. The highest BCUT2D eigenvalue weighted by Crippen LogP contribution is 2.39. The summed E-state index contributed by atoms with van der Waals surface area (Å²) in [6.45, 7) is 4.84. The van der Waals surface area contributed by atoms with Crippen LogP contribution in [0.4, 0.5) is 10.5 Å². The average molecular weight is 353 g/mol. The third-order valence-corrected chi connectivity index (χ3v) is 4.13. The Morgan fingerprint density at radius 3 is 2.64 bits per heavy atom. The van der Waals surface area contributed by atoms with Crippen LogP contribution < -0.4 is 5.32 Å². The van der Waals surface area contributed by atoms with Crippen molar-refractivity contribution in [2.45, 2.75) is 57.3 Å². The van der Waals surface area contributed by atoms with Crippen LogP contribution in [-0.2, 0) is 18.9 Å². The van der Waals surface area contributed by atoms with E-state index in [4.69, 9.17) is 18.9 Å². The van der Waals surface area contributed by atoms with E-state index < -0.39 is 49.2 Å². The third kappa shape index (κ3) is 3.94. The van der Waals surface area contributed by atoms with E-state index in [1.54, 1.807) is 26.0 Å². The van der Waals surface area contributed by atoms with Gasteiger partial charge in [0.1, 0.15) is 12.2 Å². The van der Waals surface area contributed by atoms with Crippen LogP contribution in [0.3, 0.4) is 0 Å². The van der Waals surface area contributed by atoms with Crippen LogP contribution in [0.1, 0.15) is 19.4 Å². The van der Waals surface area contributed by atoms with Gasteiger partial charge >= 0.3 is 6.09 Å². The van der Waals surface area contributed by atoms with Crippen molar-refractivity contribution in [3.63, 3.8) is 0 Å². The first-order chi connectivity index (χ1) is 11.8. The molecule has 8 nitrogen and oxygen atoms in total. The number of aliphatic hydroxyl groups excluding tert-OH is 2. The predicted molar refractivity (Wildman–Crippen MR) is 86.9 cm³/mol. The van der Waals surface area contributed by atoms with E-state index in [0.29, 0.717) is 5.69 Å². The Bertz CT molecular complexity index is 618. The molecule has 5 atom stereocenters. The molecular weight excluding hydrogens is 330 g/mol. The van der Waals surface area contributed by atoms with Crippen LogP contribution in [0.15, 0.2) is 24.3 Å². The van der Waals surface area contributed by atoms with Crippen molar-refractivity contribution in [3.8, 4) is 0 Å². The normalized spacial score (nSPS) is 31.4. The lowest BCUT2D eigenvalue weighted by Gasteiger charge is -2.27. The second-order valence-electron chi connectivity index (χ2n) is 6.68. The fourth-order valence-corrected chi connectivity index (χ4v) is 2.96. The van der Waals surface area contributed by atoms with Crippen molar-refractivity contribution >= 4 is 11.8 Å². The second kappa shape index (κ2) is 6.89. The number of anilines is 1. The minimum atomic E-state index is -1.22. The lowest BCUT2D eigenvalue weighted by atomic mass is 10.1. The number of aliphatic hydroxyl groups is 2. The minimum absolute atomic E-state index is 0.535. The number of rotatable bonds is 4. The average Bonchev–Trinajstić information content (AvgIpc) is 3.02. The molecule has 1 amide bonds. The molecule has 2 saturated heterocycles. The summed E-state index contributed by atoms with van der Waals surface area (Å²) in [5, 5.41) is 21.8. The molecule has 2 aliphatic rings. The van der Waals surface area contributed by atoms with Gasteiger partial charge in [0.05, 0.1) is 6.61 Å². The Morgan fingerprint density at radius 2 is 2.00 bits per heavy atom. The molecule has 8 heteroatoms. The van der Waals surface area contributed by atoms with E-state index in [-0.39, 0.29) is 0 Å². The highest BCUT2D eigenvalue weighted by molar-refractivity contribution is 5.84. The SMILES string of the molecule is Cc1ccc(NC(=O)O[C@H]2[C@H]3OC(C)(C)O[C@H]3O[C@@H]2C(O)CO)cc1. The van der Waals surface area contributed by atoms with Gasteiger partial charge in [0.25, 0.3) is 0 Å². The zero-order valence-electron chi connectivity index (χ0n) is 14.3. The number of fused-ring (bicyclic) bond motifs is 1. The number of aryl methyl sites for hydroxylation is 1. The van der Waals surface area contributed by atoms with Gasteiger partial charge in [0.15, 0.2) is 24.3 Å². The molecule has 2 heterocycles. The zero-order chi connectivity index (χ0) is 18.2. The van der Waals surface area contributed by atoms with Crippen LogP contribution in [0.5, 0.6) is 0 Å². The van der Waals surface area contributed by atoms with Crippen LogP contribution >= 0.6 is 0 Å². The number of hydrogen-bond donors (Lipinski definition) is 3. The van der Waals surface area contributed by atoms with Crippen molar-refractivity contribution in [1.29, 1.82) is 0 Å². The van der Waals surface area contributed by atoms with E-state index >= 15 is 0 Å². The van der Waals surface area contributed by atoms with Gasteiger partial charge in [-0.1, -0.05) is 17.7 Å². The van der Waals surface area contributed by atoms with Gasteiger partial charge in [0, 0.05) is 5.69 Å². The Hall–Kier alpha value is -1.71. The largest absolute Gasteiger partial charge is 0.440 e. The summed E-state index contributed by atoms with van der Waals surface area (Å²) in [6.07, 6.45) is -5.26. The molecule has 0 saturated carbocycles.